The van der Waals surface area contributed by atoms with Gasteiger partial charge in [-0.15, -0.1) is 0 Å². The molecule has 3 rings (SSSR count). The van der Waals surface area contributed by atoms with Gasteiger partial charge in [0.15, 0.2) is 0 Å². The van der Waals surface area contributed by atoms with Crippen LogP contribution in [-0.4, -0.2) is 43.7 Å². The summed E-state index contributed by atoms with van der Waals surface area (Å²) in [5, 5.41) is 3.74. The number of aryl methyl sites for hydroxylation is 1. The quantitative estimate of drug-likeness (QED) is 0.785. The molecule has 1 fully saturated rings. The molecule has 1 unspecified atom stereocenters. The van der Waals surface area contributed by atoms with Gasteiger partial charge in [0, 0.05) is 31.1 Å². The van der Waals surface area contributed by atoms with Gasteiger partial charge < -0.3 is 10.1 Å². The number of amides is 1. The standard InChI is InChI=1S/C21H24ClFN2O2/c22-18-6-4-17(5-7-18)20(25-11-13-27-14-12-25)15-24-21(26)10-3-16-1-8-19(23)9-2-16/h1-2,4-9,20H,3,10-15H2,(H,24,26). The van der Waals surface area contributed by atoms with E-state index in [0.717, 1.165) is 24.2 Å². The molecule has 27 heavy (non-hydrogen) atoms. The van der Waals surface area contributed by atoms with Crippen LogP contribution in [0.5, 0.6) is 0 Å². The Balaban J connectivity index is 1.57. The molecule has 0 aromatic heterocycles. The third-order valence-electron chi connectivity index (χ3n) is 4.79. The fourth-order valence-electron chi connectivity index (χ4n) is 3.24. The molecule has 0 radical (unpaired) electrons. The Hall–Kier alpha value is -1.95. The Morgan fingerprint density at radius 2 is 1.78 bits per heavy atom. The van der Waals surface area contributed by atoms with Gasteiger partial charge >= 0.3 is 0 Å². The number of carbonyl (C=O) groups excluding carboxylic acids is 1. The van der Waals surface area contributed by atoms with Crippen molar-refractivity contribution in [1.29, 1.82) is 0 Å². The summed E-state index contributed by atoms with van der Waals surface area (Å²) in [5.41, 5.74) is 2.08. The lowest BCUT2D eigenvalue weighted by Crippen LogP contribution is -2.43. The molecule has 1 atom stereocenters. The van der Waals surface area contributed by atoms with Crippen LogP contribution >= 0.6 is 11.6 Å². The maximum absolute atomic E-state index is 13.0. The first-order valence-electron chi connectivity index (χ1n) is 9.20. The lowest BCUT2D eigenvalue weighted by atomic mass is 10.0. The number of morpholine rings is 1. The molecule has 4 nitrogen and oxygen atoms in total. The molecule has 0 spiro atoms. The van der Waals surface area contributed by atoms with Crippen LogP contribution in [0.4, 0.5) is 4.39 Å². The van der Waals surface area contributed by atoms with Crippen LogP contribution < -0.4 is 5.32 Å². The monoisotopic (exact) mass is 390 g/mol. The van der Waals surface area contributed by atoms with Crippen molar-refractivity contribution in [2.45, 2.75) is 18.9 Å². The van der Waals surface area contributed by atoms with Gasteiger partial charge in [-0.3, -0.25) is 9.69 Å². The topological polar surface area (TPSA) is 41.6 Å². The molecule has 2 aromatic carbocycles. The summed E-state index contributed by atoms with van der Waals surface area (Å²) in [4.78, 5) is 14.6. The van der Waals surface area contributed by atoms with Gasteiger partial charge in [-0.25, -0.2) is 4.39 Å². The van der Waals surface area contributed by atoms with Crippen LogP contribution in [0.25, 0.3) is 0 Å². The number of halogens is 2. The zero-order valence-electron chi connectivity index (χ0n) is 15.2. The zero-order valence-corrected chi connectivity index (χ0v) is 15.9. The van der Waals surface area contributed by atoms with Gasteiger partial charge in [-0.2, -0.15) is 0 Å². The largest absolute Gasteiger partial charge is 0.379 e. The van der Waals surface area contributed by atoms with E-state index in [1.54, 1.807) is 12.1 Å². The SMILES string of the molecule is O=C(CCc1ccc(F)cc1)NCC(c1ccc(Cl)cc1)N1CCOCC1. The van der Waals surface area contributed by atoms with E-state index in [1.165, 1.54) is 12.1 Å². The highest BCUT2D eigenvalue weighted by molar-refractivity contribution is 6.30. The number of hydrogen-bond donors (Lipinski definition) is 1. The highest BCUT2D eigenvalue weighted by Gasteiger charge is 2.23. The molecule has 1 heterocycles. The van der Waals surface area contributed by atoms with E-state index in [4.69, 9.17) is 16.3 Å². The van der Waals surface area contributed by atoms with E-state index in [1.807, 2.05) is 24.3 Å². The normalized spacial score (nSPS) is 16.1. The van der Waals surface area contributed by atoms with E-state index in [9.17, 15) is 9.18 Å². The second-order valence-corrected chi connectivity index (χ2v) is 7.08. The van der Waals surface area contributed by atoms with E-state index < -0.39 is 0 Å². The highest BCUT2D eigenvalue weighted by Crippen LogP contribution is 2.23. The predicted molar refractivity (Wildman–Crippen MR) is 104 cm³/mol. The molecule has 144 valence electrons. The summed E-state index contributed by atoms with van der Waals surface area (Å²) in [6.45, 7) is 3.59. The molecule has 0 bridgehead atoms. The van der Waals surface area contributed by atoms with E-state index in [-0.39, 0.29) is 17.8 Å². The first-order chi connectivity index (χ1) is 13.1. The maximum atomic E-state index is 13.0. The zero-order chi connectivity index (χ0) is 19.1. The number of carbonyl (C=O) groups is 1. The lowest BCUT2D eigenvalue weighted by Gasteiger charge is -2.35. The van der Waals surface area contributed by atoms with Crippen molar-refractivity contribution in [2.75, 3.05) is 32.8 Å². The van der Waals surface area contributed by atoms with E-state index in [2.05, 4.69) is 10.2 Å². The van der Waals surface area contributed by atoms with Gasteiger partial charge in [0.25, 0.3) is 0 Å². The first-order valence-corrected chi connectivity index (χ1v) is 9.58. The van der Waals surface area contributed by atoms with E-state index >= 15 is 0 Å². The Morgan fingerprint density at radius 3 is 2.44 bits per heavy atom. The fourth-order valence-corrected chi connectivity index (χ4v) is 3.37. The highest BCUT2D eigenvalue weighted by atomic mass is 35.5. The van der Waals surface area contributed by atoms with Crippen molar-refractivity contribution in [1.82, 2.24) is 10.2 Å². The van der Waals surface area contributed by atoms with Gasteiger partial charge in [-0.05, 0) is 41.8 Å². The van der Waals surface area contributed by atoms with Crippen LogP contribution in [0.1, 0.15) is 23.6 Å². The fraction of sp³-hybridized carbons (Fsp3) is 0.381. The molecule has 1 saturated heterocycles. The molecule has 1 amide bonds. The molecule has 1 aliphatic heterocycles. The Bertz CT molecular complexity index is 731. The minimum absolute atomic E-state index is 0.00783. The van der Waals surface area contributed by atoms with Crippen LogP contribution in [0.2, 0.25) is 5.02 Å². The lowest BCUT2D eigenvalue weighted by molar-refractivity contribution is -0.121. The van der Waals surface area contributed by atoms with Crippen molar-refractivity contribution in [2.24, 2.45) is 0 Å². The van der Waals surface area contributed by atoms with Crippen LogP contribution in [0.3, 0.4) is 0 Å². The van der Waals surface area contributed by atoms with Gasteiger partial charge in [0.05, 0.1) is 19.3 Å². The number of ether oxygens (including phenoxy) is 1. The Kier molecular flexibility index (Phi) is 7.21. The van der Waals surface area contributed by atoms with Gasteiger partial charge in [0.1, 0.15) is 5.82 Å². The van der Waals surface area contributed by atoms with Crippen molar-refractivity contribution < 1.29 is 13.9 Å². The molecule has 1 aliphatic rings. The summed E-state index contributed by atoms with van der Waals surface area (Å²) in [5.74, 6) is -0.272. The minimum atomic E-state index is -0.264. The molecule has 2 aromatic rings. The van der Waals surface area contributed by atoms with E-state index in [0.29, 0.717) is 37.6 Å². The summed E-state index contributed by atoms with van der Waals surface area (Å²) in [6, 6.07) is 14.1. The van der Waals surface area contributed by atoms with Gasteiger partial charge in [-0.1, -0.05) is 35.9 Å². The van der Waals surface area contributed by atoms with Crippen LogP contribution in [0.15, 0.2) is 48.5 Å². The molecular weight excluding hydrogens is 367 g/mol. The maximum Gasteiger partial charge on any atom is 0.220 e. The van der Waals surface area contributed by atoms with Crippen molar-refractivity contribution >= 4 is 17.5 Å². The van der Waals surface area contributed by atoms with Crippen LogP contribution in [0, 0.1) is 5.82 Å². The first kappa shape index (κ1) is 19.8. The van der Waals surface area contributed by atoms with Crippen LogP contribution in [-0.2, 0) is 16.0 Å². The smallest absolute Gasteiger partial charge is 0.220 e. The summed E-state index contributed by atoms with van der Waals surface area (Å²) < 4.78 is 18.4. The number of nitrogens with zero attached hydrogens (tertiary/aromatic N) is 1. The third kappa shape index (κ3) is 6.03. The molecule has 6 heteroatoms. The van der Waals surface area contributed by atoms with Crippen molar-refractivity contribution in [3.8, 4) is 0 Å². The van der Waals surface area contributed by atoms with Gasteiger partial charge in [0.2, 0.25) is 5.91 Å². The number of hydrogen-bond acceptors (Lipinski definition) is 3. The van der Waals surface area contributed by atoms with Crippen molar-refractivity contribution in [3.63, 3.8) is 0 Å². The Morgan fingerprint density at radius 1 is 1.11 bits per heavy atom. The van der Waals surface area contributed by atoms with Crippen molar-refractivity contribution in [3.05, 3.63) is 70.5 Å². The minimum Gasteiger partial charge on any atom is -0.379 e. The molecule has 0 saturated carbocycles. The second-order valence-electron chi connectivity index (χ2n) is 6.65. The summed E-state index contributed by atoms with van der Waals surface area (Å²) >= 11 is 6.01. The predicted octanol–water partition coefficient (Wildman–Crippen LogP) is 3.60. The number of nitrogens with one attached hydrogen (secondary N) is 1. The average Bonchev–Trinajstić information content (AvgIpc) is 2.70. The summed E-state index contributed by atoms with van der Waals surface area (Å²) in [6.07, 6.45) is 0.970. The number of benzene rings is 2. The average molecular weight is 391 g/mol. The Labute approximate surface area is 164 Å². The molecular formula is C21H24ClFN2O2. The number of rotatable bonds is 7. The molecule has 0 aliphatic carbocycles. The molecule has 1 N–H and O–H groups in total. The third-order valence-corrected chi connectivity index (χ3v) is 5.04. The summed E-state index contributed by atoms with van der Waals surface area (Å²) in [7, 11) is 0. The second kappa shape index (κ2) is 9.83.